The molecule has 0 radical (unpaired) electrons. The number of nitrogens with one attached hydrogen (secondary N) is 2. The highest BCUT2D eigenvalue weighted by Gasteiger charge is 2.27. The molecule has 1 aliphatic rings. The summed E-state index contributed by atoms with van der Waals surface area (Å²) >= 11 is 0. The van der Waals surface area contributed by atoms with Gasteiger partial charge in [0.15, 0.2) is 5.82 Å². The molecule has 1 saturated heterocycles. The Morgan fingerprint density at radius 2 is 1.69 bits per heavy atom. The summed E-state index contributed by atoms with van der Waals surface area (Å²) in [6.07, 6.45) is 2.01. The molecule has 1 aliphatic heterocycles. The Hall–Kier alpha value is -5.07. The number of hydrogen-bond donors (Lipinski definition) is 2. The number of hydrogen-bond acceptors (Lipinski definition) is 11. The topological polar surface area (TPSA) is 151 Å². The van der Waals surface area contributed by atoms with Gasteiger partial charge in [0.1, 0.15) is 23.6 Å². The van der Waals surface area contributed by atoms with Crippen molar-refractivity contribution in [1.29, 1.82) is 0 Å². The van der Waals surface area contributed by atoms with Gasteiger partial charge in [-0.1, -0.05) is 45.0 Å². The lowest BCUT2D eigenvalue weighted by molar-refractivity contribution is 0.0240. The summed E-state index contributed by atoms with van der Waals surface area (Å²) in [5.41, 5.74) is 4.82. The predicted octanol–water partition coefficient (Wildman–Crippen LogP) is 6.38. The van der Waals surface area contributed by atoms with Crippen molar-refractivity contribution < 1.29 is 18.8 Å². The third-order valence-electron chi connectivity index (χ3n) is 8.15. The first-order valence-electron chi connectivity index (χ1n) is 16.7. The molecule has 5 rings (SSSR count). The van der Waals surface area contributed by atoms with Gasteiger partial charge in [0, 0.05) is 43.2 Å². The molecular weight excluding hydrogens is 622 g/mol. The fraction of sp³-hybridized carbons (Fsp3) is 0.472. The minimum absolute atomic E-state index is 0.0552. The summed E-state index contributed by atoms with van der Waals surface area (Å²) < 4.78 is 10.7. The van der Waals surface area contributed by atoms with Gasteiger partial charge in [-0.2, -0.15) is 4.98 Å². The first kappa shape index (κ1) is 35.2. The quantitative estimate of drug-likeness (QED) is 0.215. The van der Waals surface area contributed by atoms with E-state index in [4.69, 9.17) is 14.2 Å². The lowest BCUT2D eigenvalue weighted by Gasteiger charge is -2.37. The number of rotatable bonds is 8. The van der Waals surface area contributed by atoms with E-state index in [9.17, 15) is 9.59 Å². The van der Waals surface area contributed by atoms with Crippen molar-refractivity contribution in [1.82, 2.24) is 35.3 Å². The van der Waals surface area contributed by atoms with Crippen LogP contribution in [0.3, 0.4) is 0 Å². The Morgan fingerprint density at radius 1 is 0.959 bits per heavy atom. The van der Waals surface area contributed by atoms with Crippen LogP contribution in [0.25, 0.3) is 11.3 Å². The summed E-state index contributed by atoms with van der Waals surface area (Å²) in [7, 11) is 0. The maximum absolute atomic E-state index is 12.8. The minimum atomic E-state index is -0.515. The second-order valence-corrected chi connectivity index (χ2v) is 14.3. The zero-order chi connectivity index (χ0) is 35.5. The van der Waals surface area contributed by atoms with Crippen LogP contribution in [0.1, 0.15) is 94.8 Å². The number of amides is 2. The Bertz CT molecular complexity index is 1800. The molecule has 4 heterocycles. The number of pyridine rings is 1. The zero-order valence-electron chi connectivity index (χ0n) is 29.9. The first-order valence-corrected chi connectivity index (χ1v) is 16.7. The average Bonchev–Trinajstić information content (AvgIpc) is 3.56. The summed E-state index contributed by atoms with van der Waals surface area (Å²) in [6.45, 7) is 20.1. The number of aromatic nitrogens is 5. The SMILES string of the molecule is CCc1nc(Nc2cc(-c3ccc([C@@H](C)NC(=O)c4nc(C(C)(C)C)no4)c(C)c3)ncn2)ccc1N1CCN(C(=O)OC(C)(C)C)CC1. The molecule has 0 saturated carbocycles. The van der Waals surface area contributed by atoms with Crippen LogP contribution in [0.2, 0.25) is 0 Å². The molecule has 260 valence electrons. The predicted molar refractivity (Wildman–Crippen MR) is 188 cm³/mol. The molecule has 1 aromatic carbocycles. The summed E-state index contributed by atoms with van der Waals surface area (Å²) in [4.78, 5) is 47.5. The Kier molecular flexibility index (Phi) is 10.2. The molecule has 2 N–H and O–H groups in total. The van der Waals surface area contributed by atoms with Gasteiger partial charge in [-0.15, -0.1) is 0 Å². The number of aryl methyl sites for hydroxylation is 2. The molecule has 3 aromatic heterocycles. The van der Waals surface area contributed by atoms with Gasteiger partial charge in [-0.3, -0.25) is 4.79 Å². The highest BCUT2D eigenvalue weighted by molar-refractivity contribution is 5.89. The van der Waals surface area contributed by atoms with Crippen LogP contribution >= 0.6 is 0 Å². The van der Waals surface area contributed by atoms with Crippen LogP contribution in [-0.4, -0.2) is 73.8 Å². The number of carbonyl (C=O) groups is 2. The van der Waals surface area contributed by atoms with E-state index < -0.39 is 11.5 Å². The maximum Gasteiger partial charge on any atom is 0.410 e. The zero-order valence-corrected chi connectivity index (χ0v) is 29.9. The van der Waals surface area contributed by atoms with Crippen molar-refractivity contribution in [2.24, 2.45) is 0 Å². The second-order valence-electron chi connectivity index (χ2n) is 14.3. The van der Waals surface area contributed by atoms with Gasteiger partial charge in [0.2, 0.25) is 0 Å². The molecule has 0 unspecified atom stereocenters. The number of benzene rings is 1. The van der Waals surface area contributed by atoms with Crippen LogP contribution in [0.15, 0.2) is 47.2 Å². The number of piperazine rings is 1. The van der Waals surface area contributed by atoms with Gasteiger partial charge < -0.3 is 29.7 Å². The van der Waals surface area contributed by atoms with Crippen LogP contribution in [0, 0.1) is 6.92 Å². The van der Waals surface area contributed by atoms with E-state index in [2.05, 4.69) is 48.6 Å². The lowest BCUT2D eigenvalue weighted by atomic mass is 9.96. The normalized spacial score (nSPS) is 14.4. The van der Waals surface area contributed by atoms with Gasteiger partial charge in [0.25, 0.3) is 0 Å². The number of carbonyl (C=O) groups excluding carboxylic acids is 2. The van der Waals surface area contributed by atoms with Crippen LogP contribution in [-0.2, 0) is 16.6 Å². The monoisotopic (exact) mass is 669 g/mol. The largest absolute Gasteiger partial charge is 0.444 e. The average molecular weight is 670 g/mol. The maximum atomic E-state index is 12.8. The molecule has 1 atom stereocenters. The highest BCUT2D eigenvalue weighted by Crippen LogP contribution is 2.28. The van der Waals surface area contributed by atoms with E-state index in [1.165, 1.54) is 6.33 Å². The third kappa shape index (κ3) is 8.70. The molecule has 0 aliphatic carbocycles. The molecule has 13 nitrogen and oxygen atoms in total. The van der Waals surface area contributed by atoms with Crippen molar-refractivity contribution >= 4 is 29.3 Å². The van der Waals surface area contributed by atoms with Gasteiger partial charge in [-0.25, -0.2) is 19.7 Å². The van der Waals surface area contributed by atoms with E-state index in [0.29, 0.717) is 43.6 Å². The Balaban J connectivity index is 1.23. The van der Waals surface area contributed by atoms with E-state index in [-0.39, 0.29) is 23.4 Å². The standard InChI is InChI=1S/C36H47N9O4/c1-10-26-28(44-15-17-45(18-16-44)34(47)48-36(7,8)9)13-14-29(40-26)41-30-20-27(37-21-38-30)24-11-12-25(22(2)19-24)23(3)39-31(46)32-42-33(43-49-32)35(4,5)6/h11-14,19-21,23H,10,15-18H2,1-9H3,(H,39,46)(H,37,38,40,41)/t23-/m1/s1. The summed E-state index contributed by atoms with van der Waals surface area (Å²) in [5, 5.41) is 10.2. The van der Waals surface area contributed by atoms with E-state index in [0.717, 1.165) is 40.2 Å². The summed E-state index contributed by atoms with van der Waals surface area (Å²) in [6, 6.07) is 11.6. The van der Waals surface area contributed by atoms with Crippen molar-refractivity contribution in [3.63, 3.8) is 0 Å². The molecule has 1 fully saturated rings. The molecule has 0 spiro atoms. The van der Waals surface area contributed by atoms with Gasteiger partial charge >= 0.3 is 17.9 Å². The number of nitrogens with zero attached hydrogens (tertiary/aromatic N) is 7. The second kappa shape index (κ2) is 14.2. The van der Waals surface area contributed by atoms with E-state index in [1.54, 1.807) is 4.90 Å². The number of anilines is 3. The Labute approximate surface area is 287 Å². The fourth-order valence-electron chi connectivity index (χ4n) is 5.56. The molecule has 13 heteroatoms. The molecule has 0 bridgehead atoms. The smallest absolute Gasteiger partial charge is 0.410 e. The minimum Gasteiger partial charge on any atom is -0.444 e. The molecule has 2 amide bonds. The van der Waals surface area contributed by atoms with Gasteiger partial charge in [-0.05, 0) is 70.4 Å². The van der Waals surface area contributed by atoms with E-state index >= 15 is 0 Å². The molecule has 4 aromatic rings. The van der Waals surface area contributed by atoms with Crippen LogP contribution < -0.4 is 15.5 Å². The lowest BCUT2D eigenvalue weighted by Crippen LogP contribution is -2.50. The van der Waals surface area contributed by atoms with Crippen molar-refractivity contribution in [3.05, 3.63) is 71.3 Å². The Morgan fingerprint density at radius 3 is 2.33 bits per heavy atom. The summed E-state index contributed by atoms with van der Waals surface area (Å²) in [5.74, 6) is 1.31. The van der Waals surface area contributed by atoms with E-state index in [1.807, 2.05) is 85.7 Å². The number of ether oxygens (including phenoxy) is 1. The van der Waals surface area contributed by atoms with Crippen molar-refractivity contribution in [3.8, 4) is 11.3 Å². The van der Waals surface area contributed by atoms with Crippen LogP contribution in [0.4, 0.5) is 22.1 Å². The third-order valence-corrected chi connectivity index (χ3v) is 8.15. The highest BCUT2D eigenvalue weighted by atomic mass is 16.6. The first-order chi connectivity index (χ1) is 23.1. The van der Waals surface area contributed by atoms with Crippen molar-refractivity contribution in [2.45, 2.75) is 85.8 Å². The van der Waals surface area contributed by atoms with Crippen molar-refractivity contribution in [2.75, 3.05) is 36.4 Å². The fourth-order valence-corrected chi connectivity index (χ4v) is 5.56. The molecular formula is C36H47N9O4. The van der Waals surface area contributed by atoms with Gasteiger partial charge in [0.05, 0.1) is 23.1 Å². The molecule has 49 heavy (non-hydrogen) atoms. The van der Waals surface area contributed by atoms with Crippen LogP contribution in [0.5, 0.6) is 0 Å².